The summed E-state index contributed by atoms with van der Waals surface area (Å²) >= 11 is 0. The van der Waals surface area contributed by atoms with Crippen molar-refractivity contribution in [3.8, 4) is 6.07 Å². The van der Waals surface area contributed by atoms with Gasteiger partial charge in [0, 0.05) is 39.3 Å². The zero-order valence-corrected chi connectivity index (χ0v) is 16.6. The predicted octanol–water partition coefficient (Wildman–Crippen LogP) is 3.27. The second kappa shape index (κ2) is 10.3. The first kappa shape index (κ1) is 19.7. The van der Waals surface area contributed by atoms with Crippen LogP contribution in [0.1, 0.15) is 56.1 Å². The lowest BCUT2D eigenvalue weighted by molar-refractivity contribution is 0.160. The van der Waals surface area contributed by atoms with E-state index in [2.05, 4.69) is 26.6 Å². The Morgan fingerprint density at radius 1 is 1.11 bits per heavy atom. The van der Waals surface area contributed by atoms with Gasteiger partial charge in [0.25, 0.3) is 0 Å². The molecule has 27 heavy (non-hydrogen) atoms. The number of nitriles is 1. The Bertz CT molecular complexity index is 632. The fourth-order valence-electron chi connectivity index (χ4n) is 4.27. The van der Waals surface area contributed by atoms with Gasteiger partial charge in [-0.1, -0.05) is 31.4 Å². The Kier molecular flexibility index (Phi) is 7.53. The number of nitrogens with zero attached hydrogens (tertiary/aromatic N) is 3. The third kappa shape index (κ3) is 6.25. The van der Waals surface area contributed by atoms with Gasteiger partial charge < -0.3 is 15.5 Å². The molecule has 1 aromatic rings. The summed E-state index contributed by atoms with van der Waals surface area (Å²) in [6.07, 6.45) is 9.55. The summed E-state index contributed by atoms with van der Waals surface area (Å²) in [5.74, 6) is 1.80. The molecule has 0 radical (unpaired) electrons. The number of piperidine rings is 1. The Morgan fingerprint density at radius 2 is 1.81 bits per heavy atom. The van der Waals surface area contributed by atoms with Gasteiger partial charge in [0.15, 0.2) is 5.96 Å². The van der Waals surface area contributed by atoms with Crippen LogP contribution in [0.3, 0.4) is 0 Å². The molecule has 1 aliphatic carbocycles. The molecule has 5 nitrogen and oxygen atoms in total. The minimum atomic E-state index is 0.500. The number of aliphatic imine (C=N–C) groups is 1. The molecule has 1 saturated carbocycles. The lowest BCUT2D eigenvalue weighted by Gasteiger charge is -2.36. The second-order valence-corrected chi connectivity index (χ2v) is 7.96. The summed E-state index contributed by atoms with van der Waals surface area (Å²) in [5.41, 5.74) is 1.85. The fourth-order valence-corrected chi connectivity index (χ4v) is 4.27. The van der Waals surface area contributed by atoms with Gasteiger partial charge in [-0.05, 0) is 49.3 Å². The first-order valence-electron chi connectivity index (χ1n) is 10.5. The summed E-state index contributed by atoms with van der Waals surface area (Å²) in [4.78, 5) is 7.04. The molecule has 0 spiro atoms. The monoisotopic (exact) mass is 367 g/mol. The molecule has 0 aromatic heterocycles. The van der Waals surface area contributed by atoms with Gasteiger partial charge in [0.1, 0.15) is 0 Å². The van der Waals surface area contributed by atoms with E-state index in [1.165, 1.54) is 64.6 Å². The summed E-state index contributed by atoms with van der Waals surface area (Å²) < 4.78 is 0. The normalized spacial score (nSPS) is 20.2. The van der Waals surface area contributed by atoms with E-state index >= 15 is 0 Å². The van der Waals surface area contributed by atoms with E-state index < -0.39 is 0 Å². The Labute approximate surface area is 163 Å². The van der Waals surface area contributed by atoms with Gasteiger partial charge in [-0.25, -0.2) is 0 Å². The van der Waals surface area contributed by atoms with Crippen molar-refractivity contribution in [3.63, 3.8) is 0 Å². The summed E-state index contributed by atoms with van der Waals surface area (Å²) in [5, 5.41) is 15.9. The molecular weight excluding hydrogens is 334 g/mol. The van der Waals surface area contributed by atoms with E-state index in [9.17, 15) is 0 Å². The molecule has 146 valence electrons. The lowest BCUT2D eigenvalue weighted by atomic mass is 9.88. The molecule has 2 fully saturated rings. The zero-order chi connectivity index (χ0) is 18.9. The highest BCUT2D eigenvalue weighted by atomic mass is 15.2. The van der Waals surface area contributed by atoms with Crippen molar-refractivity contribution in [3.05, 3.63) is 35.4 Å². The van der Waals surface area contributed by atoms with E-state index in [-0.39, 0.29) is 0 Å². The largest absolute Gasteiger partial charge is 0.354 e. The smallest absolute Gasteiger partial charge is 0.191 e. The van der Waals surface area contributed by atoms with Gasteiger partial charge in [-0.15, -0.1) is 0 Å². The molecule has 3 rings (SSSR count). The summed E-state index contributed by atoms with van der Waals surface area (Å²) in [6, 6.07) is 10.3. The van der Waals surface area contributed by atoms with Crippen LogP contribution in [0, 0.1) is 17.2 Å². The standard InChI is InChI=1S/C22H33N5/c1-24-22(25-16-19-9-7-18(15-23)8-10-19)26-21-11-13-27(14-12-21)17-20-5-3-2-4-6-20/h7-10,20-21H,2-6,11-14,16-17H2,1H3,(H2,24,25,26). The van der Waals surface area contributed by atoms with E-state index in [0.717, 1.165) is 17.4 Å². The van der Waals surface area contributed by atoms with Crippen LogP contribution in [0.2, 0.25) is 0 Å². The molecule has 1 saturated heterocycles. The number of nitrogens with one attached hydrogen (secondary N) is 2. The molecule has 1 aliphatic heterocycles. The van der Waals surface area contributed by atoms with E-state index in [1.807, 2.05) is 31.3 Å². The SMILES string of the molecule is CN=C(NCc1ccc(C#N)cc1)NC1CCN(CC2CCCCC2)CC1. The van der Waals surface area contributed by atoms with Crippen LogP contribution in [0.15, 0.2) is 29.3 Å². The number of guanidine groups is 1. The first-order chi connectivity index (χ1) is 13.3. The Morgan fingerprint density at radius 3 is 2.44 bits per heavy atom. The van der Waals surface area contributed by atoms with Crippen molar-refractivity contribution < 1.29 is 0 Å². The van der Waals surface area contributed by atoms with Crippen LogP contribution in [0.4, 0.5) is 0 Å². The molecule has 0 bridgehead atoms. The molecule has 1 heterocycles. The van der Waals surface area contributed by atoms with Crippen LogP contribution in [-0.2, 0) is 6.54 Å². The average Bonchev–Trinajstić information content (AvgIpc) is 2.73. The minimum Gasteiger partial charge on any atom is -0.354 e. The topological polar surface area (TPSA) is 63.5 Å². The summed E-state index contributed by atoms with van der Waals surface area (Å²) in [7, 11) is 1.83. The molecule has 5 heteroatoms. The molecule has 0 atom stereocenters. The fraction of sp³-hybridized carbons (Fsp3) is 0.636. The number of hydrogen-bond donors (Lipinski definition) is 2. The molecule has 2 aliphatic rings. The van der Waals surface area contributed by atoms with Gasteiger partial charge in [-0.3, -0.25) is 4.99 Å². The van der Waals surface area contributed by atoms with Crippen molar-refractivity contribution >= 4 is 5.96 Å². The van der Waals surface area contributed by atoms with Gasteiger partial charge in [0.2, 0.25) is 0 Å². The first-order valence-corrected chi connectivity index (χ1v) is 10.5. The van der Waals surface area contributed by atoms with Crippen LogP contribution >= 0.6 is 0 Å². The Balaban J connectivity index is 1.38. The predicted molar refractivity (Wildman–Crippen MR) is 111 cm³/mol. The van der Waals surface area contributed by atoms with E-state index in [4.69, 9.17) is 5.26 Å². The van der Waals surface area contributed by atoms with Crippen LogP contribution < -0.4 is 10.6 Å². The number of hydrogen-bond acceptors (Lipinski definition) is 3. The second-order valence-electron chi connectivity index (χ2n) is 7.96. The number of benzene rings is 1. The van der Waals surface area contributed by atoms with Crippen molar-refractivity contribution in [1.29, 1.82) is 5.26 Å². The maximum atomic E-state index is 8.88. The van der Waals surface area contributed by atoms with Crippen molar-refractivity contribution in [2.45, 2.75) is 57.5 Å². The Hall–Kier alpha value is -2.06. The molecule has 1 aromatic carbocycles. The van der Waals surface area contributed by atoms with Crippen LogP contribution in [-0.4, -0.2) is 43.6 Å². The highest BCUT2D eigenvalue weighted by Gasteiger charge is 2.23. The highest BCUT2D eigenvalue weighted by Crippen LogP contribution is 2.25. The van der Waals surface area contributed by atoms with Crippen LogP contribution in [0.25, 0.3) is 0 Å². The van der Waals surface area contributed by atoms with Crippen LogP contribution in [0.5, 0.6) is 0 Å². The van der Waals surface area contributed by atoms with Crippen molar-refractivity contribution in [1.82, 2.24) is 15.5 Å². The average molecular weight is 368 g/mol. The van der Waals surface area contributed by atoms with Crippen molar-refractivity contribution in [2.24, 2.45) is 10.9 Å². The molecular formula is C22H33N5. The van der Waals surface area contributed by atoms with E-state index in [0.29, 0.717) is 18.2 Å². The molecule has 0 amide bonds. The minimum absolute atomic E-state index is 0.500. The molecule has 2 N–H and O–H groups in total. The third-order valence-electron chi connectivity index (χ3n) is 5.94. The quantitative estimate of drug-likeness (QED) is 0.619. The van der Waals surface area contributed by atoms with Crippen molar-refractivity contribution in [2.75, 3.05) is 26.7 Å². The molecule has 0 unspecified atom stereocenters. The number of rotatable bonds is 5. The van der Waals surface area contributed by atoms with E-state index in [1.54, 1.807) is 0 Å². The highest BCUT2D eigenvalue weighted by molar-refractivity contribution is 5.79. The zero-order valence-electron chi connectivity index (χ0n) is 16.6. The van der Waals surface area contributed by atoms with Gasteiger partial charge in [-0.2, -0.15) is 5.26 Å². The number of likely N-dealkylation sites (tertiary alicyclic amines) is 1. The lowest BCUT2D eigenvalue weighted by Crippen LogP contribution is -2.49. The van der Waals surface area contributed by atoms with Gasteiger partial charge >= 0.3 is 0 Å². The third-order valence-corrected chi connectivity index (χ3v) is 5.94. The maximum absolute atomic E-state index is 8.88. The maximum Gasteiger partial charge on any atom is 0.191 e. The summed E-state index contributed by atoms with van der Waals surface area (Å²) in [6.45, 7) is 4.41. The van der Waals surface area contributed by atoms with Gasteiger partial charge in [0.05, 0.1) is 11.6 Å².